The Kier molecular flexibility index (Phi) is 6.88. The summed E-state index contributed by atoms with van der Waals surface area (Å²) in [7, 11) is 1.64. The van der Waals surface area contributed by atoms with Crippen LogP contribution in [-0.4, -0.2) is 47.8 Å². The first-order valence-corrected chi connectivity index (χ1v) is 12.0. The van der Waals surface area contributed by atoms with E-state index in [2.05, 4.69) is 37.5 Å². The van der Waals surface area contributed by atoms with Crippen molar-refractivity contribution in [2.75, 3.05) is 31.6 Å². The molecular weight excluding hydrogens is 442 g/mol. The number of nitrogens with zero attached hydrogens (tertiary/aromatic N) is 4. The highest BCUT2D eigenvalue weighted by Crippen LogP contribution is 2.35. The number of piperidine rings is 1. The third-order valence-electron chi connectivity index (χ3n) is 6.57. The lowest BCUT2D eigenvalue weighted by Gasteiger charge is -2.32. The smallest absolute Gasteiger partial charge is 0.263 e. The predicted molar refractivity (Wildman–Crippen MR) is 134 cm³/mol. The number of carbonyl (C=O) groups is 1. The van der Waals surface area contributed by atoms with Gasteiger partial charge in [0.25, 0.3) is 5.71 Å². The van der Waals surface area contributed by atoms with Crippen LogP contribution in [0.1, 0.15) is 24.8 Å². The fraction of sp³-hybridized carbons (Fsp3) is 0.333. The Morgan fingerprint density at radius 3 is 2.60 bits per heavy atom. The van der Waals surface area contributed by atoms with E-state index < -0.39 is 0 Å². The van der Waals surface area contributed by atoms with Crippen molar-refractivity contribution in [3.8, 4) is 17.0 Å². The number of hydrogen-bond donors (Lipinski definition) is 1. The van der Waals surface area contributed by atoms with Crippen molar-refractivity contribution in [1.29, 1.82) is 0 Å². The van der Waals surface area contributed by atoms with Gasteiger partial charge in [0, 0.05) is 31.1 Å². The van der Waals surface area contributed by atoms with Crippen molar-refractivity contribution in [1.82, 2.24) is 20.4 Å². The molecular formula is C27H29N5O3. The van der Waals surface area contributed by atoms with Crippen molar-refractivity contribution in [3.63, 3.8) is 0 Å². The van der Waals surface area contributed by atoms with Crippen molar-refractivity contribution < 1.29 is 14.1 Å². The molecule has 8 heteroatoms. The molecule has 1 N–H and O–H groups in total. The zero-order valence-corrected chi connectivity index (χ0v) is 19.8. The van der Waals surface area contributed by atoms with E-state index in [4.69, 9.17) is 9.26 Å². The number of ether oxygens (including phenoxy) is 1. The summed E-state index contributed by atoms with van der Waals surface area (Å²) in [6, 6.07) is 18.0. The molecule has 1 aliphatic heterocycles. The van der Waals surface area contributed by atoms with Crippen LogP contribution in [0.5, 0.6) is 5.75 Å². The monoisotopic (exact) mass is 471 g/mol. The highest BCUT2D eigenvalue weighted by atomic mass is 16.5. The summed E-state index contributed by atoms with van der Waals surface area (Å²) in [5.74, 6) is 1.74. The number of fused-ring (bicyclic) bond motifs is 1. The van der Waals surface area contributed by atoms with Crippen LogP contribution >= 0.6 is 0 Å². The van der Waals surface area contributed by atoms with E-state index in [1.807, 2.05) is 42.5 Å². The molecule has 3 heterocycles. The third-order valence-corrected chi connectivity index (χ3v) is 6.57. The molecule has 0 aliphatic carbocycles. The van der Waals surface area contributed by atoms with Gasteiger partial charge in [0.1, 0.15) is 29.0 Å². The first-order valence-electron chi connectivity index (χ1n) is 12.0. The molecule has 2 aromatic heterocycles. The Morgan fingerprint density at radius 2 is 1.86 bits per heavy atom. The van der Waals surface area contributed by atoms with Crippen molar-refractivity contribution in [2.24, 2.45) is 5.92 Å². The molecule has 5 rings (SSSR count). The average Bonchev–Trinajstić information content (AvgIpc) is 3.36. The predicted octanol–water partition coefficient (Wildman–Crippen LogP) is 4.26. The molecule has 4 aromatic rings. The Morgan fingerprint density at radius 1 is 1.09 bits per heavy atom. The Balaban J connectivity index is 1.21. The van der Waals surface area contributed by atoms with Gasteiger partial charge in [-0.15, -0.1) is 0 Å². The maximum Gasteiger partial charge on any atom is 0.263 e. The van der Waals surface area contributed by atoms with Crippen LogP contribution in [0.2, 0.25) is 0 Å². The number of aryl methyl sites for hydroxylation is 1. The molecule has 35 heavy (non-hydrogen) atoms. The molecule has 1 aliphatic rings. The second kappa shape index (κ2) is 10.5. The van der Waals surface area contributed by atoms with Crippen molar-refractivity contribution in [2.45, 2.75) is 25.7 Å². The second-order valence-electron chi connectivity index (χ2n) is 8.78. The molecule has 1 saturated heterocycles. The normalized spacial score (nSPS) is 14.3. The van der Waals surface area contributed by atoms with Crippen LogP contribution in [0.4, 0.5) is 5.82 Å². The number of methoxy groups -OCH3 is 1. The van der Waals surface area contributed by atoms with E-state index >= 15 is 0 Å². The summed E-state index contributed by atoms with van der Waals surface area (Å²) in [5.41, 5.74) is 3.37. The minimum atomic E-state index is 0.0174. The zero-order valence-electron chi connectivity index (χ0n) is 19.8. The minimum Gasteiger partial charge on any atom is -0.497 e. The van der Waals surface area contributed by atoms with Gasteiger partial charge in [-0.05, 0) is 55.5 Å². The highest BCUT2D eigenvalue weighted by Gasteiger charge is 2.28. The fourth-order valence-electron chi connectivity index (χ4n) is 4.60. The van der Waals surface area contributed by atoms with Gasteiger partial charge in [0.05, 0.1) is 7.11 Å². The first-order chi connectivity index (χ1) is 17.2. The quantitative estimate of drug-likeness (QED) is 0.384. The van der Waals surface area contributed by atoms with Gasteiger partial charge >= 0.3 is 0 Å². The molecule has 0 atom stereocenters. The summed E-state index contributed by atoms with van der Waals surface area (Å²) < 4.78 is 10.8. The maximum atomic E-state index is 12.7. The fourth-order valence-corrected chi connectivity index (χ4v) is 4.60. The van der Waals surface area contributed by atoms with Gasteiger partial charge in [-0.25, -0.2) is 4.98 Å². The lowest BCUT2D eigenvalue weighted by molar-refractivity contribution is -0.125. The van der Waals surface area contributed by atoms with Gasteiger partial charge in [-0.1, -0.05) is 35.5 Å². The van der Waals surface area contributed by atoms with Crippen molar-refractivity contribution in [3.05, 3.63) is 66.5 Å². The molecule has 1 amide bonds. The molecule has 0 saturated carbocycles. The van der Waals surface area contributed by atoms with Crippen LogP contribution in [0, 0.1) is 5.92 Å². The standard InChI is InChI=1S/C27H29N5O3/c1-34-22-11-9-20(10-12-22)24-23-25(29-18-30-27(23)35-31-24)32-16-13-21(14-17-32)26(33)28-15-5-8-19-6-3-2-4-7-19/h2-4,6-7,9-12,18,21H,5,8,13-17H2,1H3,(H,28,33). The summed E-state index contributed by atoms with van der Waals surface area (Å²) in [6.07, 6.45) is 4.97. The number of hydrogen-bond acceptors (Lipinski definition) is 7. The summed E-state index contributed by atoms with van der Waals surface area (Å²) in [6.45, 7) is 2.18. The van der Waals surface area contributed by atoms with Crippen LogP contribution in [0.25, 0.3) is 22.4 Å². The molecule has 0 bridgehead atoms. The molecule has 1 fully saturated rings. The molecule has 2 aromatic carbocycles. The lowest BCUT2D eigenvalue weighted by atomic mass is 9.95. The van der Waals surface area contributed by atoms with Gasteiger partial charge in [-0.3, -0.25) is 4.79 Å². The van der Waals surface area contributed by atoms with Crippen LogP contribution in [-0.2, 0) is 11.2 Å². The number of anilines is 1. The van der Waals surface area contributed by atoms with Crippen LogP contribution in [0.3, 0.4) is 0 Å². The van der Waals surface area contributed by atoms with Crippen molar-refractivity contribution >= 4 is 22.8 Å². The topological polar surface area (TPSA) is 93.4 Å². The first kappa shape index (κ1) is 22.8. The minimum absolute atomic E-state index is 0.0174. The van der Waals surface area contributed by atoms with E-state index in [-0.39, 0.29) is 11.8 Å². The number of nitrogens with one attached hydrogen (secondary N) is 1. The van der Waals surface area contributed by atoms with Gasteiger partial charge in [0.2, 0.25) is 5.91 Å². The number of rotatable bonds is 8. The average molecular weight is 472 g/mol. The van der Waals surface area contributed by atoms with E-state index in [0.29, 0.717) is 18.0 Å². The molecule has 0 unspecified atom stereocenters. The highest BCUT2D eigenvalue weighted by molar-refractivity contribution is 5.98. The number of amides is 1. The van der Waals surface area contributed by atoms with E-state index in [1.165, 1.54) is 11.9 Å². The van der Waals surface area contributed by atoms with Gasteiger partial charge in [-0.2, -0.15) is 4.98 Å². The second-order valence-corrected chi connectivity index (χ2v) is 8.78. The molecule has 8 nitrogen and oxygen atoms in total. The van der Waals surface area contributed by atoms with Gasteiger partial charge in [0.15, 0.2) is 0 Å². The third kappa shape index (κ3) is 5.11. The number of carbonyl (C=O) groups excluding carboxylic acids is 1. The summed E-state index contributed by atoms with van der Waals surface area (Å²) in [5, 5.41) is 8.19. The summed E-state index contributed by atoms with van der Waals surface area (Å²) >= 11 is 0. The van der Waals surface area contributed by atoms with E-state index in [0.717, 1.165) is 61.3 Å². The number of aromatic nitrogens is 3. The SMILES string of the molecule is COc1ccc(-c2noc3ncnc(N4CCC(C(=O)NCCCc5ccccc5)CC4)c23)cc1. The molecule has 0 radical (unpaired) electrons. The zero-order chi connectivity index (χ0) is 24.0. The number of benzene rings is 2. The molecule has 180 valence electrons. The Bertz CT molecular complexity index is 1270. The maximum absolute atomic E-state index is 12.7. The van der Waals surface area contributed by atoms with Crippen LogP contribution < -0.4 is 15.0 Å². The van der Waals surface area contributed by atoms with Gasteiger partial charge < -0.3 is 19.5 Å². The lowest BCUT2D eigenvalue weighted by Crippen LogP contribution is -2.41. The van der Waals surface area contributed by atoms with E-state index in [9.17, 15) is 4.79 Å². The largest absolute Gasteiger partial charge is 0.497 e. The summed E-state index contributed by atoms with van der Waals surface area (Å²) in [4.78, 5) is 23.8. The Labute approximate surface area is 204 Å². The van der Waals surface area contributed by atoms with Crippen LogP contribution in [0.15, 0.2) is 65.4 Å². The molecule has 0 spiro atoms. The van der Waals surface area contributed by atoms with E-state index in [1.54, 1.807) is 7.11 Å². The Hall–Kier alpha value is -3.94.